The number of rotatable bonds is 2. The predicted molar refractivity (Wildman–Crippen MR) is 95.6 cm³/mol. The fourth-order valence-corrected chi connectivity index (χ4v) is 7.88. The average Bonchev–Trinajstić information content (AvgIpc) is 2.34. The molecule has 0 aromatic heterocycles. The summed E-state index contributed by atoms with van der Waals surface area (Å²) >= 11 is 7.69. The second kappa shape index (κ2) is 4.60. The molecule has 0 heterocycles. The van der Waals surface area contributed by atoms with Gasteiger partial charge in [-0.25, -0.2) is 0 Å². The molecule has 0 radical (unpaired) electrons. The molecule has 0 aliphatic heterocycles. The van der Waals surface area contributed by atoms with E-state index in [1.54, 1.807) is 0 Å². The van der Waals surface area contributed by atoms with Crippen LogP contribution in [0.25, 0.3) is 0 Å². The van der Waals surface area contributed by atoms with E-state index in [0.717, 1.165) is 5.92 Å². The second-order valence-corrected chi connectivity index (χ2v) is 10.7. The molecule has 0 amide bonds. The molecule has 1 aromatic carbocycles. The molecule has 4 aliphatic carbocycles. The minimum Gasteiger partial charge on any atom is -0.0833 e. The predicted octanol–water partition coefficient (Wildman–Crippen LogP) is 6.88. The Labute approximate surface area is 145 Å². The van der Waals surface area contributed by atoms with Crippen molar-refractivity contribution in [1.82, 2.24) is 0 Å². The average molecular weight is 412 g/mol. The summed E-state index contributed by atoms with van der Waals surface area (Å²) in [5.41, 5.74) is 3.13. The molecule has 4 saturated carbocycles. The summed E-state index contributed by atoms with van der Waals surface area (Å²) in [4.78, 5) is 0.514. The lowest BCUT2D eigenvalue weighted by Gasteiger charge is -2.66. The van der Waals surface area contributed by atoms with Crippen LogP contribution in [0.15, 0.2) is 28.7 Å². The van der Waals surface area contributed by atoms with Crippen molar-refractivity contribution in [3.63, 3.8) is 0 Å². The monoisotopic (exact) mass is 410 g/mol. The fourth-order valence-electron chi connectivity index (χ4n) is 6.80. The Bertz CT molecular complexity index is 543. The van der Waals surface area contributed by atoms with E-state index in [1.807, 2.05) is 0 Å². The van der Waals surface area contributed by atoms with Gasteiger partial charge in [0.05, 0.1) is 0 Å². The highest BCUT2D eigenvalue weighted by atomic mass is 79.9. The van der Waals surface area contributed by atoms with E-state index in [-0.39, 0.29) is 0 Å². The van der Waals surface area contributed by atoms with Gasteiger partial charge in [-0.1, -0.05) is 57.8 Å². The first-order valence-corrected chi connectivity index (χ1v) is 9.92. The first kappa shape index (κ1) is 14.8. The van der Waals surface area contributed by atoms with Crippen molar-refractivity contribution in [2.75, 3.05) is 0 Å². The Kier molecular flexibility index (Phi) is 3.23. The normalized spacial score (nSPS) is 45.8. The van der Waals surface area contributed by atoms with Crippen LogP contribution in [0.2, 0.25) is 0 Å². The minimum atomic E-state index is 0.483. The SMILES string of the molecule is CC12CC3CC(C)(C1)CC(C(Br)c1ccc(Br)cc1)(C3)C2. The summed E-state index contributed by atoms with van der Waals surface area (Å²) < 4.78 is 1.18. The Balaban J connectivity index is 1.72. The van der Waals surface area contributed by atoms with Crippen molar-refractivity contribution in [2.24, 2.45) is 22.2 Å². The first-order valence-electron chi connectivity index (χ1n) is 8.21. The fraction of sp³-hybridized carbons (Fsp3) is 0.684. The molecular formula is C19H24Br2. The van der Waals surface area contributed by atoms with Crippen LogP contribution in [0.5, 0.6) is 0 Å². The summed E-state index contributed by atoms with van der Waals surface area (Å²) in [6, 6.07) is 8.97. The van der Waals surface area contributed by atoms with Gasteiger partial charge in [-0.05, 0) is 78.4 Å². The van der Waals surface area contributed by atoms with Crippen LogP contribution in [-0.4, -0.2) is 0 Å². The topological polar surface area (TPSA) is 0 Å². The van der Waals surface area contributed by atoms with Gasteiger partial charge in [-0.15, -0.1) is 0 Å². The molecule has 0 N–H and O–H groups in total. The highest BCUT2D eigenvalue weighted by Gasteiger charge is 2.61. The van der Waals surface area contributed by atoms with Crippen molar-refractivity contribution >= 4 is 31.9 Å². The van der Waals surface area contributed by atoms with Gasteiger partial charge in [0.2, 0.25) is 0 Å². The van der Waals surface area contributed by atoms with Crippen molar-refractivity contribution < 1.29 is 0 Å². The Morgan fingerprint density at radius 3 is 2.05 bits per heavy atom. The van der Waals surface area contributed by atoms with Crippen LogP contribution >= 0.6 is 31.9 Å². The summed E-state index contributed by atoms with van der Waals surface area (Å²) in [5.74, 6) is 0.965. The molecule has 4 aliphatic rings. The highest BCUT2D eigenvalue weighted by Crippen LogP contribution is 2.73. The second-order valence-electron chi connectivity index (χ2n) is 8.91. The molecule has 2 heteroatoms. The Morgan fingerprint density at radius 1 is 0.952 bits per heavy atom. The van der Waals surface area contributed by atoms with Crippen LogP contribution in [-0.2, 0) is 0 Å². The third-order valence-corrected chi connectivity index (χ3v) is 8.40. The van der Waals surface area contributed by atoms with Crippen LogP contribution in [0, 0.1) is 22.2 Å². The molecular weight excluding hydrogens is 388 g/mol. The summed E-state index contributed by atoms with van der Waals surface area (Å²) in [7, 11) is 0. The zero-order valence-corrected chi connectivity index (χ0v) is 16.1. The van der Waals surface area contributed by atoms with Crippen LogP contribution in [0.3, 0.4) is 0 Å². The maximum absolute atomic E-state index is 4.13. The van der Waals surface area contributed by atoms with Crippen molar-refractivity contribution in [3.8, 4) is 0 Å². The highest BCUT2D eigenvalue weighted by molar-refractivity contribution is 9.10. The number of hydrogen-bond donors (Lipinski definition) is 0. The molecule has 3 atom stereocenters. The van der Waals surface area contributed by atoms with E-state index in [9.17, 15) is 0 Å². The first-order chi connectivity index (χ1) is 9.82. The lowest BCUT2D eigenvalue weighted by molar-refractivity contribution is -0.144. The third-order valence-electron chi connectivity index (χ3n) is 6.37. The van der Waals surface area contributed by atoms with Gasteiger partial charge >= 0.3 is 0 Å². The zero-order chi connectivity index (χ0) is 14.9. The molecule has 3 unspecified atom stereocenters. The molecule has 4 fully saturated rings. The Hall–Kier alpha value is 0.180. The van der Waals surface area contributed by atoms with Gasteiger partial charge in [0, 0.05) is 9.30 Å². The third kappa shape index (κ3) is 2.36. The standard InChI is InChI=1S/C19H24Br2/c1-17-7-13-8-18(2,10-17)12-19(9-13,11-17)16(21)14-3-5-15(20)6-4-14/h3-6,13,16H,7-12H2,1-2H3. The lowest BCUT2D eigenvalue weighted by Crippen LogP contribution is -2.56. The molecule has 4 bridgehead atoms. The van der Waals surface area contributed by atoms with Gasteiger partial charge in [0.25, 0.3) is 0 Å². The van der Waals surface area contributed by atoms with Gasteiger partial charge in [0.1, 0.15) is 0 Å². The summed E-state index contributed by atoms with van der Waals surface area (Å²) in [6.07, 6.45) is 8.67. The maximum atomic E-state index is 4.13. The number of hydrogen-bond acceptors (Lipinski definition) is 0. The van der Waals surface area contributed by atoms with E-state index in [0.29, 0.717) is 21.1 Å². The van der Waals surface area contributed by atoms with Crippen molar-refractivity contribution in [1.29, 1.82) is 0 Å². The molecule has 21 heavy (non-hydrogen) atoms. The van der Waals surface area contributed by atoms with Gasteiger partial charge in [-0.3, -0.25) is 0 Å². The van der Waals surface area contributed by atoms with E-state index in [4.69, 9.17) is 0 Å². The van der Waals surface area contributed by atoms with Crippen LogP contribution in [0.1, 0.15) is 62.8 Å². The molecule has 0 spiro atoms. The van der Waals surface area contributed by atoms with E-state index >= 15 is 0 Å². The molecule has 0 saturated heterocycles. The molecule has 0 nitrogen and oxygen atoms in total. The van der Waals surface area contributed by atoms with Crippen molar-refractivity contribution in [3.05, 3.63) is 34.3 Å². The number of benzene rings is 1. The van der Waals surface area contributed by atoms with E-state index in [2.05, 4.69) is 70.0 Å². The Morgan fingerprint density at radius 2 is 1.52 bits per heavy atom. The van der Waals surface area contributed by atoms with Gasteiger partial charge in [-0.2, -0.15) is 0 Å². The lowest BCUT2D eigenvalue weighted by atomic mass is 9.39. The smallest absolute Gasteiger partial charge is 0.0452 e. The quantitative estimate of drug-likeness (QED) is 0.465. The molecule has 1 aromatic rings. The summed E-state index contributed by atoms with van der Waals surface area (Å²) in [6.45, 7) is 5.12. The van der Waals surface area contributed by atoms with Crippen molar-refractivity contribution in [2.45, 2.75) is 57.2 Å². The number of alkyl halides is 1. The van der Waals surface area contributed by atoms with Crippen LogP contribution in [0.4, 0.5) is 0 Å². The minimum absolute atomic E-state index is 0.483. The summed E-state index contributed by atoms with van der Waals surface area (Å²) in [5, 5.41) is 0. The van der Waals surface area contributed by atoms with Gasteiger partial charge < -0.3 is 0 Å². The maximum Gasteiger partial charge on any atom is 0.0452 e. The zero-order valence-electron chi connectivity index (χ0n) is 13.0. The van der Waals surface area contributed by atoms with E-state index < -0.39 is 0 Å². The molecule has 5 rings (SSSR count). The largest absolute Gasteiger partial charge is 0.0833 e. The van der Waals surface area contributed by atoms with Crippen LogP contribution < -0.4 is 0 Å². The number of halogens is 2. The van der Waals surface area contributed by atoms with Gasteiger partial charge in [0.15, 0.2) is 0 Å². The van der Waals surface area contributed by atoms with E-state index in [1.165, 1.54) is 48.6 Å². The molecule has 114 valence electrons.